The molecule has 1 aromatic carbocycles. The Morgan fingerprint density at radius 3 is 2.97 bits per heavy atom. The molecule has 2 aliphatic rings. The third kappa shape index (κ3) is 3.55. The number of fused-ring (bicyclic) bond motifs is 1. The van der Waals surface area contributed by atoms with Crippen LogP contribution in [-0.4, -0.2) is 34.9 Å². The van der Waals surface area contributed by atoms with Gasteiger partial charge in [0.25, 0.3) is 0 Å². The number of carbonyl (C=O) groups is 1. The number of nitriles is 1. The molecule has 158 valence electrons. The van der Waals surface area contributed by atoms with Gasteiger partial charge < -0.3 is 10.5 Å². The van der Waals surface area contributed by atoms with Gasteiger partial charge in [-0.05, 0) is 56.2 Å². The number of carbonyl (C=O) groups excluding carboxylic acids is 1. The van der Waals surface area contributed by atoms with Crippen molar-refractivity contribution in [1.82, 2.24) is 20.6 Å². The first-order valence-corrected chi connectivity index (χ1v) is 10.5. The van der Waals surface area contributed by atoms with Crippen LogP contribution in [0.15, 0.2) is 24.4 Å². The summed E-state index contributed by atoms with van der Waals surface area (Å²) < 4.78 is 7.43. The SMILES string of the molecule is CCOc1ccc(-c2c(C3CCC4C(=O)NNC(CN)C4C3)cnn2C)cc1C#N. The minimum atomic E-state index is 0.00633. The molecular formula is C22H28N6O2. The number of aryl methyl sites for hydroxylation is 1. The summed E-state index contributed by atoms with van der Waals surface area (Å²) in [6.07, 6.45) is 4.57. The van der Waals surface area contributed by atoms with Crippen molar-refractivity contribution in [2.45, 2.75) is 38.1 Å². The Morgan fingerprint density at radius 1 is 1.40 bits per heavy atom. The second kappa shape index (κ2) is 8.46. The highest BCUT2D eigenvalue weighted by atomic mass is 16.5. The first-order chi connectivity index (χ1) is 14.6. The van der Waals surface area contributed by atoms with Gasteiger partial charge in [-0.25, -0.2) is 5.43 Å². The zero-order chi connectivity index (χ0) is 21.3. The van der Waals surface area contributed by atoms with Crippen LogP contribution < -0.4 is 21.3 Å². The second-order valence-electron chi connectivity index (χ2n) is 8.08. The Hall–Kier alpha value is -2.89. The lowest BCUT2D eigenvalue weighted by molar-refractivity contribution is -0.133. The van der Waals surface area contributed by atoms with E-state index < -0.39 is 0 Å². The molecule has 1 amide bonds. The smallest absolute Gasteiger partial charge is 0.237 e. The normalized spacial score (nSPS) is 25.9. The molecule has 1 aliphatic heterocycles. The van der Waals surface area contributed by atoms with Crippen LogP contribution >= 0.6 is 0 Å². The molecule has 8 heteroatoms. The van der Waals surface area contributed by atoms with Crippen molar-refractivity contribution < 1.29 is 9.53 Å². The van der Waals surface area contributed by atoms with E-state index in [9.17, 15) is 10.1 Å². The highest BCUT2D eigenvalue weighted by molar-refractivity contribution is 5.79. The highest BCUT2D eigenvalue weighted by Crippen LogP contribution is 2.44. The van der Waals surface area contributed by atoms with E-state index in [-0.39, 0.29) is 29.7 Å². The summed E-state index contributed by atoms with van der Waals surface area (Å²) in [6.45, 7) is 2.90. The van der Waals surface area contributed by atoms with Crippen molar-refractivity contribution >= 4 is 5.91 Å². The molecule has 0 bridgehead atoms. The number of ether oxygens (including phenoxy) is 1. The van der Waals surface area contributed by atoms with Gasteiger partial charge in [0.2, 0.25) is 5.91 Å². The summed E-state index contributed by atoms with van der Waals surface area (Å²) in [5.41, 5.74) is 15.5. The molecule has 2 fully saturated rings. The number of hydrazine groups is 1. The molecule has 2 aromatic rings. The topological polar surface area (TPSA) is 118 Å². The molecule has 30 heavy (non-hydrogen) atoms. The monoisotopic (exact) mass is 408 g/mol. The summed E-state index contributed by atoms with van der Waals surface area (Å²) in [4.78, 5) is 12.3. The van der Waals surface area contributed by atoms with Crippen LogP contribution in [0.5, 0.6) is 5.75 Å². The Labute approximate surface area is 176 Å². The molecule has 4 N–H and O–H groups in total. The maximum atomic E-state index is 12.3. The number of hydrogen-bond acceptors (Lipinski definition) is 6. The van der Waals surface area contributed by atoms with E-state index in [0.29, 0.717) is 24.5 Å². The summed E-state index contributed by atoms with van der Waals surface area (Å²) in [7, 11) is 1.92. The Morgan fingerprint density at radius 2 is 2.23 bits per heavy atom. The summed E-state index contributed by atoms with van der Waals surface area (Å²) in [6, 6.07) is 8.02. The van der Waals surface area contributed by atoms with Gasteiger partial charge >= 0.3 is 0 Å². The predicted molar refractivity (Wildman–Crippen MR) is 112 cm³/mol. The lowest BCUT2D eigenvalue weighted by Crippen LogP contribution is -2.62. The summed E-state index contributed by atoms with van der Waals surface area (Å²) >= 11 is 0. The fraction of sp³-hybridized carbons (Fsp3) is 0.500. The minimum absolute atomic E-state index is 0.00633. The van der Waals surface area contributed by atoms with Crippen molar-refractivity contribution in [1.29, 1.82) is 5.26 Å². The van der Waals surface area contributed by atoms with E-state index in [1.165, 1.54) is 0 Å². The minimum Gasteiger partial charge on any atom is -0.492 e. The van der Waals surface area contributed by atoms with Crippen molar-refractivity contribution in [2.24, 2.45) is 24.6 Å². The molecule has 0 spiro atoms. The van der Waals surface area contributed by atoms with Crippen LogP contribution in [0.4, 0.5) is 0 Å². The van der Waals surface area contributed by atoms with Crippen LogP contribution in [0.1, 0.15) is 43.2 Å². The summed E-state index contributed by atoms with van der Waals surface area (Å²) in [5.74, 6) is 1.16. The van der Waals surface area contributed by atoms with Gasteiger partial charge in [-0.15, -0.1) is 0 Å². The molecule has 8 nitrogen and oxygen atoms in total. The maximum absolute atomic E-state index is 12.3. The number of rotatable bonds is 5. The Balaban J connectivity index is 1.66. The number of aromatic nitrogens is 2. The molecule has 1 aromatic heterocycles. The third-order valence-electron chi connectivity index (χ3n) is 6.47. The van der Waals surface area contributed by atoms with E-state index in [1.807, 2.05) is 43.0 Å². The van der Waals surface area contributed by atoms with Gasteiger partial charge in [0.1, 0.15) is 11.8 Å². The highest BCUT2D eigenvalue weighted by Gasteiger charge is 2.43. The van der Waals surface area contributed by atoms with Gasteiger partial charge in [-0.2, -0.15) is 10.4 Å². The van der Waals surface area contributed by atoms with Gasteiger partial charge in [0.15, 0.2) is 0 Å². The fourth-order valence-electron chi connectivity index (χ4n) is 5.01. The largest absolute Gasteiger partial charge is 0.492 e. The number of nitrogens with zero attached hydrogens (tertiary/aromatic N) is 3. The van der Waals surface area contributed by atoms with Crippen LogP contribution in [0.3, 0.4) is 0 Å². The average Bonchev–Trinajstić information content (AvgIpc) is 3.15. The predicted octanol–water partition coefficient (Wildman–Crippen LogP) is 1.82. The fourth-order valence-corrected chi connectivity index (χ4v) is 5.01. The molecule has 4 rings (SSSR count). The van der Waals surface area contributed by atoms with Crippen molar-refractivity contribution in [2.75, 3.05) is 13.2 Å². The van der Waals surface area contributed by atoms with E-state index >= 15 is 0 Å². The molecule has 4 unspecified atom stereocenters. The van der Waals surface area contributed by atoms with Crippen LogP contribution in [-0.2, 0) is 11.8 Å². The van der Waals surface area contributed by atoms with Gasteiger partial charge in [0, 0.05) is 36.7 Å². The van der Waals surface area contributed by atoms with Gasteiger partial charge in [-0.3, -0.25) is 14.9 Å². The molecule has 4 atom stereocenters. The van der Waals surface area contributed by atoms with Gasteiger partial charge in [-0.1, -0.05) is 0 Å². The molecule has 1 saturated carbocycles. The average molecular weight is 409 g/mol. The van der Waals surface area contributed by atoms with Crippen molar-refractivity contribution in [3.63, 3.8) is 0 Å². The molecule has 0 radical (unpaired) electrons. The van der Waals surface area contributed by atoms with Crippen LogP contribution in [0.25, 0.3) is 11.3 Å². The van der Waals surface area contributed by atoms with Crippen molar-refractivity contribution in [3.8, 4) is 23.1 Å². The molecule has 2 heterocycles. The number of nitrogens with one attached hydrogen (secondary N) is 2. The number of amides is 1. The number of benzene rings is 1. The van der Waals surface area contributed by atoms with Crippen LogP contribution in [0, 0.1) is 23.2 Å². The Bertz CT molecular complexity index is 978. The van der Waals surface area contributed by atoms with Crippen LogP contribution in [0.2, 0.25) is 0 Å². The summed E-state index contributed by atoms with van der Waals surface area (Å²) in [5, 5.41) is 14.1. The maximum Gasteiger partial charge on any atom is 0.237 e. The van der Waals surface area contributed by atoms with Crippen molar-refractivity contribution in [3.05, 3.63) is 35.5 Å². The van der Waals surface area contributed by atoms with Gasteiger partial charge in [0.05, 0.1) is 24.1 Å². The first-order valence-electron chi connectivity index (χ1n) is 10.5. The Kier molecular flexibility index (Phi) is 5.75. The number of nitrogens with two attached hydrogens (primary N) is 1. The third-order valence-corrected chi connectivity index (χ3v) is 6.47. The molecule has 1 saturated heterocycles. The zero-order valence-electron chi connectivity index (χ0n) is 17.4. The zero-order valence-corrected chi connectivity index (χ0v) is 17.4. The quantitative estimate of drug-likeness (QED) is 0.695. The van der Waals surface area contributed by atoms with E-state index in [0.717, 1.165) is 36.1 Å². The van der Waals surface area contributed by atoms with E-state index in [4.69, 9.17) is 10.5 Å². The molecule has 1 aliphatic carbocycles. The first kappa shape index (κ1) is 20.4. The number of hydrogen-bond donors (Lipinski definition) is 3. The lowest BCUT2D eigenvalue weighted by atomic mass is 9.68. The lowest BCUT2D eigenvalue weighted by Gasteiger charge is -2.43. The van der Waals surface area contributed by atoms with E-state index in [2.05, 4.69) is 22.0 Å². The van der Waals surface area contributed by atoms with E-state index in [1.54, 1.807) is 0 Å². The molecular weight excluding hydrogens is 380 g/mol. The standard InChI is InChI=1S/C22H28N6O2/c1-3-30-20-7-5-14(8-15(20)10-23)21-18(12-25-28(21)2)13-4-6-16-17(9-13)19(11-24)26-27-22(16)29/h5,7-8,12-13,16-17,19,26H,3-4,6,9,11,24H2,1-2H3,(H,27,29). The second-order valence-corrected chi connectivity index (χ2v) is 8.08.